The van der Waals surface area contributed by atoms with Gasteiger partial charge in [-0.05, 0) is 41.8 Å². The number of benzene rings is 2. The molecule has 0 spiro atoms. The van der Waals surface area contributed by atoms with Crippen LogP contribution in [-0.4, -0.2) is 39.3 Å². The third kappa shape index (κ3) is 5.50. The van der Waals surface area contributed by atoms with E-state index in [9.17, 15) is 24.9 Å². The number of amides is 1. The van der Waals surface area contributed by atoms with E-state index in [1.165, 1.54) is 24.3 Å². The first-order valence-electron chi connectivity index (χ1n) is 7.69. The third-order valence-electron chi connectivity index (χ3n) is 3.72. The Balaban J connectivity index is 1.97. The van der Waals surface area contributed by atoms with E-state index in [4.69, 9.17) is 5.73 Å². The summed E-state index contributed by atoms with van der Waals surface area (Å²) in [5, 5.41) is 30.2. The molecule has 0 aliphatic rings. The number of carboxylic acids is 1. The van der Waals surface area contributed by atoms with Crippen LogP contribution in [0.5, 0.6) is 11.5 Å². The van der Waals surface area contributed by atoms with Crippen LogP contribution >= 0.6 is 0 Å². The molecule has 1 amide bonds. The van der Waals surface area contributed by atoms with Gasteiger partial charge in [-0.15, -0.1) is 0 Å². The number of rotatable bonds is 7. The first-order chi connectivity index (χ1) is 11.8. The Labute approximate surface area is 144 Å². The van der Waals surface area contributed by atoms with Crippen molar-refractivity contribution in [1.29, 1.82) is 0 Å². The van der Waals surface area contributed by atoms with Crippen molar-refractivity contribution in [2.45, 2.75) is 24.9 Å². The maximum atomic E-state index is 12.2. The Hall–Kier alpha value is -3.06. The SMILES string of the molecule is NC(Cc1ccc(O)cc1)C(=O)N[C@@H](Cc1ccc(O)cc1)C(=O)O. The molecule has 0 radical (unpaired) electrons. The van der Waals surface area contributed by atoms with Crippen molar-refractivity contribution in [2.75, 3.05) is 0 Å². The van der Waals surface area contributed by atoms with E-state index in [1.807, 2.05) is 0 Å². The molecule has 2 aromatic rings. The second-order valence-corrected chi connectivity index (χ2v) is 5.75. The highest BCUT2D eigenvalue weighted by Gasteiger charge is 2.23. The van der Waals surface area contributed by atoms with Gasteiger partial charge in [-0.2, -0.15) is 0 Å². The van der Waals surface area contributed by atoms with Gasteiger partial charge in [0.1, 0.15) is 17.5 Å². The summed E-state index contributed by atoms with van der Waals surface area (Å²) >= 11 is 0. The van der Waals surface area contributed by atoms with Crippen molar-refractivity contribution < 1.29 is 24.9 Å². The molecule has 2 atom stereocenters. The third-order valence-corrected chi connectivity index (χ3v) is 3.72. The van der Waals surface area contributed by atoms with E-state index in [2.05, 4.69) is 5.32 Å². The number of carboxylic acid groups (broad SMARTS) is 1. The standard InChI is InChI=1S/C18H20N2O5/c19-15(9-11-1-5-13(21)6-2-11)17(23)20-16(18(24)25)10-12-3-7-14(22)8-4-12/h1-8,15-16,21-22H,9-10,19H2,(H,20,23)(H,24,25)/t15?,16-/m0/s1. The van der Waals surface area contributed by atoms with Gasteiger partial charge in [0, 0.05) is 6.42 Å². The van der Waals surface area contributed by atoms with Crippen LogP contribution in [0.4, 0.5) is 0 Å². The monoisotopic (exact) mass is 344 g/mol. The predicted octanol–water partition coefficient (Wildman–Crippen LogP) is 0.780. The Morgan fingerprint density at radius 3 is 1.76 bits per heavy atom. The molecular weight excluding hydrogens is 324 g/mol. The largest absolute Gasteiger partial charge is 0.508 e. The zero-order valence-electron chi connectivity index (χ0n) is 13.4. The highest BCUT2D eigenvalue weighted by atomic mass is 16.4. The van der Waals surface area contributed by atoms with Crippen molar-refractivity contribution in [3.05, 3.63) is 59.7 Å². The molecule has 7 nitrogen and oxygen atoms in total. The van der Waals surface area contributed by atoms with Gasteiger partial charge in [0.25, 0.3) is 0 Å². The highest BCUT2D eigenvalue weighted by molar-refractivity contribution is 5.87. The van der Waals surface area contributed by atoms with Gasteiger partial charge in [0.15, 0.2) is 0 Å². The zero-order valence-corrected chi connectivity index (χ0v) is 13.4. The van der Waals surface area contributed by atoms with E-state index < -0.39 is 24.0 Å². The number of phenols is 2. The van der Waals surface area contributed by atoms with Gasteiger partial charge in [0.2, 0.25) is 5.91 Å². The molecule has 0 heterocycles. The summed E-state index contributed by atoms with van der Waals surface area (Å²) in [5.74, 6) is -1.55. The summed E-state index contributed by atoms with van der Waals surface area (Å²) in [4.78, 5) is 23.6. The highest BCUT2D eigenvalue weighted by Crippen LogP contribution is 2.13. The zero-order chi connectivity index (χ0) is 18.4. The van der Waals surface area contributed by atoms with Gasteiger partial charge in [-0.25, -0.2) is 4.79 Å². The number of nitrogens with two attached hydrogens (primary N) is 1. The maximum Gasteiger partial charge on any atom is 0.326 e. The summed E-state index contributed by atoms with van der Waals surface area (Å²) < 4.78 is 0. The number of aromatic hydroxyl groups is 2. The van der Waals surface area contributed by atoms with Gasteiger partial charge >= 0.3 is 5.97 Å². The summed E-state index contributed by atoms with van der Waals surface area (Å²) in [6.45, 7) is 0. The van der Waals surface area contributed by atoms with Crippen molar-refractivity contribution in [3.63, 3.8) is 0 Å². The van der Waals surface area contributed by atoms with Crippen LogP contribution in [0, 0.1) is 0 Å². The van der Waals surface area contributed by atoms with E-state index in [1.54, 1.807) is 24.3 Å². The lowest BCUT2D eigenvalue weighted by molar-refractivity contribution is -0.141. The molecule has 1 unspecified atom stereocenters. The molecule has 0 aliphatic carbocycles. The first-order valence-corrected chi connectivity index (χ1v) is 7.69. The lowest BCUT2D eigenvalue weighted by Crippen LogP contribution is -2.50. The summed E-state index contributed by atoms with van der Waals surface area (Å²) in [6.07, 6.45) is 0.297. The topological polar surface area (TPSA) is 133 Å². The van der Waals surface area contributed by atoms with Crippen molar-refractivity contribution in [1.82, 2.24) is 5.32 Å². The number of hydrogen-bond acceptors (Lipinski definition) is 5. The van der Waals surface area contributed by atoms with Crippen LogP contribution in [0.2, 0.25) is 0 Å². The minimum absolute atomic E-state index is 0.0767. The molecule has 25 heavy (non-hydrogen) atoms. The summed E-state index contributed by atoms with van der Waals surface area (Å²) in [7, 11) is 0. The van der Waals surface area contributed by atoms with Crippen molar-refractivity contribution >= 4 is 11.9 Å². The normalized spacial score (nSPS) is 13.0. The molecule has 0 fully saturated rings. The summed E-state index contributed by atoms with van der Waals surface area (Å²) in [6, 6.07) is 10.3. The van der Waals surface area contributed by atoms with Gasteiger partial charge in [-0.3, -0.25) is 4.79 Å². The van der Waals surface area contributed by atoms with Gasteiger partial charge in [0.05, 0.1) is 6.04 Å². The molecule has 2 rings (SSSR count). The van der Waals surface area contributed by atoms with Gasteiger partial charge in [-0.1, -0.05) is 24.3 Å². The number of phenolic OH excluding ortho intramolecular Hbond substituents is 2. The molecule has 7 heteroatoms. The van der Waals surface area contributed by atoms with E-state index in [0.717, 1.165) is 5.56 Å². The van der Waals surface area contributed by atoms with Crippen LogP contribution in [0.15, 0.2) is 48.5 Å². The van der Waals surface area contributed by atoms with Crippen molar-refractivity contribution in [2.24, 2.45) is 5.73 Å². The van der Waals surface area contributed by atoms with E-state index in [-0.39, 0.29) is 24.3 Å². The van der Waals surface area contributed by atoms with E-state index >= 15 is 0 Å². The lowest BCUT2D eigenvalue weighted by atomic mass is 10.0. The molecule has 2 aromatic carbocycles. The average molecular weight is 344 g/mol. The first kappa shape index (κ1) is 18.3. The molecule has 0 bridgehead atoms. The molecule has 0 aliphatic heterocycles. The van der Waals surface area contributed by atoms with Crippen LogP contribution in [0.1, 0.15) is 11.1 Å². The quantitative estimate of drug-likeness (QED) is 0.504. The molecule has 0 aromatic heterocycles. The number of nitrogens with one attached hydrogen (secondary N) is 1. The molecule has 0 saturated carbocycles. The van der Waals surface area contributed by atoms with E-state index in [0.29, 0.717) is 5.56 Å². The smallest absolute Gasteiger partial charge is 0.326 e. The maximum absolute atomic E-state index is 12.2. The second kappa shape index (κ2) is 8.16. The Bertz CT molecular complexity index is 728. The Morgan fingerprint density at radius 1 is 0.880 bits per heavy atom. The van der Waals surface area contributed by atoms with Crippen LogP contribution in [0.25, 0.3) is 0 Å². The molecule has 0 saturated heterocycles. The average Bonchev–Trinajstić information content (AvgIpc) is 2.58. The van der Waals surface area contributed by atoms with Gasteiger partial charge < -0.3 is 26.4 Å². The predicted molar refractivity (Wildman–Crippen MR) is 91.2 cm³/mol. The number of aliphatic carboxylic acids is 1. The Morgan fingerprint density at radius 2 is 1.32 bits per heavy atom. The molecule has 132 valence electrons. The van der Waals surface area contributed by atoms with Crippen LogP contribution in [-0.2, 0) is 22.4 Å². The minimum Gasteiger partial charge on any atom is -0.508 e. The fourth-order valence-corrected chi connectivity index (χ4v) is 2.33. The fraction of sp³-hybridized carbons (Fsp3) is 0.222. The van der Waals surface area contributed by atoms with Crippen LogP contribution in [0.3, 0.4) is 0 Å². The summed E-state index contributed by atoms with van der Waals surface area (Å²) in [5.41, 5.74) is 7.27. The second-order valence-electron chi connectivity index (χ2n) is 5.75. The number of carbonyl (C=O) groups excluding carboxylic acids is 1. The minimum atomic E-state index is -1.17. The fourth-order valence-electron chi connectivity index (χ4n) is 2.33. The lowest BCUT2D eigenvalue weighted by Gasteiger charge is -2.18. The van der Waals surface area contributed by atoms with Crippen molar-refractivity contribution in [3.8, 4) is 11.5 Å². The molecule has 6 N–H and O–H groups in total. The molecular formula is C18H20N2O5. The number of carbonyl (C=O) groups is 2. The Kier molecular flexibility index (Phi) is 5.97. The van der Waals surface area contributed by atoms with Crippen LogP contribution < -0.4 is 11.1 Å². The number of hydrogen-bond donors (Lipinski definition) is 5.